The third-order valence-corrected chi connectivity index (χ3v) is 2.51. The Morgan fingerprint density at radius 1 is 0.944 bits per heavy atom. The van der Waals surface area contributed by atoms with Gasteiger partial charge < -0.3 is 5.11 Å². The number of hydrogen-bond acceptors (Lipinski definition) is 3. The number of hydrogen-bond donors (Lipinski definition) is 1. The van der Waals surface area contributed by atoms with Crippen LogP contribution in [0.5, 0.6) is 5.75 Å². The van der Waals surface area contributed by atoms with Gasteiger partial charge in [-0.1, -0.05) is 36.4 Å². The van der Waals surface area contributed by atoms with Gasteiger partial charge in [0.2, 0.25) is 0 Å². The average Bonchev–Trinajstić information content (AvgIpc) is 2.38. The van der Waals surface area contributed by atoms with Gasteiger partial charge in [-0.2, -0.15) is 0 Å². The zero-order valence-electron chi connectivity index (χ0n) is 9.48. The van der Waals surface area contributed by atoms with E-state index in [0.29, 0.717) is 11.1 Å². The van der Waals surface area contributed by atoms with Gasteiger partial charge in [0.15, 0.2) is 0 Å². The Labute approximate surface area is 104 Å². The molecule has 1 N–H and O–H groups in total. The highest BCUT2D eigenvalue weighted by Crippen LogP contribution is 2.22. The second-order valence-electron chi connectivity index (χ2n) is 3.71. The zero-order chi connectivity index (χ0) is 13.0. The molecule has 0 fully saturated rings. The summed E-state index contributed by atoms with van der Waals surface area (Å²) in [5, 5.41) is 20.4. The molecule has 0 radical (unpaired) electrons. The minimum absolute atomic E-state index is 0.0455. The van der Waals surface area contributed by atoms with E-state index in [2.05, 4.69) is 0 Å². The van der Waals surface area contributed by atoms with Gasteiger partial charge in [-0.15, -0.1) is 0 Å². The van der Waals surface area contributed by atoms with Gasteiger partial charge >= 0.3 is 0 Å². The fraction of sp³-hybridized carbons (Fsp3) is 0. The maximum atomic E-state index is 10.8. The zero-order valence-corrected chi connectivity index (χ0v) is 9.48. The monoisotopic (exact) mass is 241 g/mol. The molecule has 0 amide bonds. The van der Waals surface area contributed by atoms with Crippen molar-refractivity contribution in [1.29, 1.82) is 0 Å². The molecule has 0 saturated heterocycles. The normalized spacial score (nSPS) is 10.7. The van der Waals surface area contributed by atoms with Crippen LogP contribution in [0.1, 0.15) is 11.1 Å². The average molecular weight is 241 g/mol. The minimum atomic E-state index is -0.426. The van der Waals surface area contributed by atoms with Crippen molar-refractivity contribution in [3.05, 3.63) is 69.8 Å². The fourth-order valence-electron chi connectivity index (χ4n) is 1.60. The lowest BCUT2D eigenvalue weighted by molar-refractivity contribution is -0.385. The third-order valence-electron chi connectivity index (χ3n) is 2.51. The Morgan fingerprint density at radius 3 is 2.17 bits per heavy atom. The number of para-hydroxylation sites is 2. The number of nitrogens with zero attached hydrogens (tertiary/aromatic N) is 1. The minimum Gasteiger partial charge on any atom is -0.507 e. The van der Waals surface area contributed by atoms with E-state index in [4.69, 9.17) is 0 Å². The largest absolute Gasteiger partial charge is 0.507 e. The van der Waals surface area contributed by atoms with Crippen molar-refractivity contribution in [3.8, 4) is 5.75 Å². The molecule has 2 rings (SSSR count). The lowest BCUT2D eigenvalue weighted by Crippen LogP contribution is -1.90. The van der Waals surface area contributed by atoms with Crippen LogP contribution >= 0.6 is 0 Å². The Bertz CT molecular complexity index is 605. The summed E-state index contributed by atoms with van der Waals surface area (Å²) >= 11 is 0. The lowest BCUT2D eigenvalue weighted by Gasteiger charge is -1.98. The highest BCUT2D eigenvalue weighted by molar-refractivity contribution is 5.75. The van der Waals surface area contributed by atoms with E-state index in [0.717, 1.165) is 0 Å². The van der Waals surface area contributed by atoms with E-state index in [9.17, 15) is 15.2 Å². The van der Waals surface area contributed by atoms with Crippen LogP contribution in [0.2, 0.25) is 0 Å². The molecular formula is C14H11NO3. The maximum Gasteiger partial charge on any atom is 0.276 e. The van der Waals surface area contributed by atoms with Crippen molar-refractivity contribution in [2.75, 3.05) is 0 Å². The molecule has 0 atom stereocenters. The number of phenolic OH excluding ortho intramolecular Hbond substituents is 1. The summed E-state index contributed by atoms with van der Waals surface area (Å²) in [7, 11) is 0. The number of aromatic hydroxyl groups is 1. The summed E-state index contributed by atoms with van der Waals surface area (Å²) in [4.78, 5) is 10.4. The van der Waals surface area contributed by atoms with Gasteiger partial charge in [-0.25, -0.2) is 0 Å². The predicted octanol–water partition coefficient (Wildman–Crippen LogP) is 3.47. The first-order valence-electron chi connectivity index (χ1n) is 5.38. The van der Waals surface area contributed by atoms with Gasteiger partial charge in [0, 0.05) is 11.6 Å². The summed E-state index contributed by atoms with van der Waals surface area (Å²) in [6.45, 7) is 0. The van der Waals surface area contributed by atoms with Crippen LogP contribution in [0.3, 0.4) is 0 Å². The van der Waals surface area contributed by atoms with Crippen molar-refractivity contribution < 1.29 is 10.0 Å². The fourth-order valence-corrected chi connectivity index (χ4v) is 1.60. The second-order valence-corrected chi connectivity index (χ2v) is 3.71. The van der Waals surface area contributed by atoms with Crippen LogP contribution in [0.4, 0.5) is 5.69 Å². The maximum absolute atomic E-state index is 10.8. The van der Waals surface area contributed by atoms with Crippen LogP contribution in [-0.4, -0.2) is 10.0 Å². The van der Waals surface area contributed by atoms with Crippen LogP contribution in [0.25, 0.3) is 12.2 Å². The summed E-state index contributed by atoms with van der Waals surface area (Å²) in [6, 6.07) is 13.3. The molecule has 0 heterocycles. The number of nitro groups is 1. The van der Waals surface area contributed by atoms with Crippen LogP contribution in [-0.2, 0) is 0 Å². The Balaban J connectivity index is 2.35. The molecule has 0 spiro atoms. The molecule has 90 valence electrons. The smallest absolute Gasteiger partial charge is 0.276 e. The molecule has 2 aromatic rings. The first-order chi connectivity index (χ1) is 8.68. The predicted molar refractivity (Wildman–Crippen MR) is 70.1 cm³/mol. The summed E-state index contributed by atoms with van der Waals surface area (Å²) in [6.07, 6.45) is 3.27. The Kier molecular flexibility index (Phi) is 3.38. The van der Waals surface area contributed by atoms with Crippen molar-refractivity contribution >= 4 is 17.8 Å². The Morgan fingerprint density at radius 2 is 1.50 bits per heavy atom. The van der Waals surface area contributed by atoms with E-state index >= 15 is 0 Å². The first-order valence-corrected chi connectivity index (χ1v) is 5.38. The highest BCUT2D eigenvalue weighted by Gasteiger charge is 2.09. The van der Waals surface area contributed by atoms with Crippen LogP contribution < -0.4 is 0 Å². The molecule has 0 aromatic heterocycles. The molecular weight excluding hydrogens is 230 g/mol. The van der Waals surface area contributed by atoms with Crippen LogP contribution in [0.15, 0.2) is 48.5 Å². The highest BCUT2D eigenvalue weighted by atomic mass is 16.6. The number of phenols is 1. The van der Waals surface area contributed by atoms with Gasteiger partial charge in [-0.05, 0) is 18.2 Å². The molecule has 0 bridgehead atoms. The molecule has 0 aliphatic heterocycles. The van der Waals surface area contributed by atoms with Crippen molar-refractivity contribution in [3.63, 3.8) is 0 Å². The van der Waals surface area contributed by atoms with Crippen molar-refractivity contribution in [2.45, 2.75) is 0 Å². The summed E-state index contributed by atoms with van der Waals surface area (Å²) in [5.74, 6) is 0.146. The van der Waals surface area contributed by atoms with E-state index in [-0.39, 0.29) is 11.4 Å². The molecule has 0 aliphatic carbocycles. The van der Waals surface area contributed by atoms with Gasteiger partial charge in [-0.3, -0.25) is 10.1 Å². The number of rotatable bonds is 3. The summed E-state index contributed by atoms with van der Waals surface area (Å²) < 4.78 is 0. The number of benzene rings is 2. The third kappa shape index (κ3) is 2.55. The standard InChI is InChI=1S/C14H11NO3/c16-14-8-4-2-6-12(14)10-9-11-5-1-3-7-13(11)15(17)18/h1-10,16H/b10-9+. The van der Waals surface area contributed by atoms with Gasteiger partial charge in [0.05, 0.1) is 10.5 Å². The first kappa shape index (κ1) is 11.9. The molecule has 4 nitrogen and oxygen atoms in total. The molecule has 0 saturated carbocycles. The lowest BCUT2D eigenvalue weighted by atomic mass is 10.1. The van der Waals surface area contributed by atoms with Crippen molar-refractivity contribution in [2.24, 2.45) is 0 Å². The molecule has 18 heavy (non-hydrogen) atoms. The molecule has 4 heteroatoms. The molecule has 2 aromatic carbocycles. The van der Waals surface area contributed by atoms with E-state index in [1.54, 1.807) is 54.6 Å². The van der Waals surface area contributed by atoms with Crippen molar-refractivity contribution in [1.82, 2.24) is 0 Å². The SMILES string of the molecule is O=[N+]([O-])c1ccccc1/C=C/c1ccccc1O. The Hall–Kier alpha value is -2.62. The number of nitro benzene ring substituents is 1. The topological polar surface area (TPSA) is 63.4 Å². The van der Waals surface area contributed by atoms with E-state index in [1.165, 1.54) is 6.07 Å². The van der Waals surface area contributed by atoms with E-state index in [1.807, 2.05) is 0 Å². The molecule has 0 aliphatic rings. The summed E-state index contributed by atoms with van der Waals surface area (Å²) in [5.41, 5.74) is 1.17. The van der Waals surface area contributed by atoms with Gasteiger partial charge in [0.1, 0.15) is 5.75 Å². The van der Waals surface area contributed by atoms with E-state index < -0.39 is 4.92 Å². The quantitative estimate of drug-likeness (QED) is 0.508. The molecule has 0 unspecified atom stereocenters. The van der Waals surface area contributed by atoms with Crippen LogP contribution in [0, 0.1) is 10.1 Å². The second kappa shape index (κ2) is 5.14. The van der Waals surface area contributed by atoms with Gasteiger partial charge in [0.25, 0.3) is 5.69 Å².